The van der Waals surface area contributed by atoms with Crippen LogP contribution in [0.4, 0.5) is 10.1 Å². The van der Waals surface area contributed by atoms with Gasteiger partial charge < -0.3 is 10.6 Å². The molecule has 0 spiro atoms. The first-order valence-electron chi connectivity index (χ1n) is 6.40. The number of nitrogens with one attached hydrogen (secondary N) is 2. The zero-order valence-corrected chi connectivity index (χ0v) is 11.2. The van der Waals surface area contributed by atoms with E-state index in [-0.39, 0.29) is 11.5 Å². The van der Waals surface area contributed by atoms with Crippen LogP contribution in [0.3, 0.4) is 0 Å². The second-order valence-electron chi connectivity index (χ2n) is 4.32. The van der Waals surface area contributed by atoms with Crippen molar-refractivity contribution in [3.63, 3.8) is 0 Å². The molecule has 2 rings (SSSR count). The summed E-state index contributed by atoms with van der Waals surface area (Å²) in [5, 5.41) is 5.92. The lowest BCUT2D eigenvalue weighted by Gasteiger charge is -2.07. The number of halogens is 1. The van der Waals surface area contributed by atoms with Gasteiger partial charge >= 0.3 is 0 Å². The molecule has 2 N–H and O–H groups in total. The highest BCUT2D eigenvalue weighted by atomic mass is 19.1. The molecule has 0 bridgehead atoms. The Balaban J connectivity index is 2.01. The third kappa shape index (κ3) is 3.86. The van der Waals surface area contributed by atoms with E-state index < -0.39 is 5.82 Å². The Morgan fingerprint density at radius 1 is 1.25 bits per heavy atom. The molecule has 0 radical (unpaired) electrons. The van der Waals surface area contributed by atoms with E-state index in [9.17, 15) is 9.18 Å². The van der Waals surface area contributed by atoms with Gasteiger partial charge in [0.15, 0.2) is 0 Å². The average molecular weight is 273 g/mol. The van der Waals surface area contributed by atoms with E-state index in [0.29, 0.717) is 5.69 Å². The first kappa shape index (κ1) is 14.1. The Kier molecular flexibility index (Phi) is 4.79. The monoisotopic (exact) mass is 273 g/mol. The van der Waals surface area contributed by atoms with Crippen molar-refractivity contribution in [2.45, 2.75) is 13.5 Å². The zero-order chi connectivity index (χ0) is 14.4. The summed E-state index contributed by atoms with van der Waals surface area (Å²) in [5.74, 6) is -0.907. The van der Waals surface area contributed by atoms with Gasteiger partial charge in [-0.2, -0.15) is 0 Å². The highest BCUT2D eigenvalue weighted by Crippen LogP contribution is 2.11. The number of carbonyl (C=O) groups is 1. The first-order chi connectivity index (χ1) is 9.69. The molecule has 0 fully saturated rings. The van der Waals surface area contributed by atoms with Gasteiger partial charge in [-0.15, -0.1) is 0 Å². The van der Waals surface area contributed by atoms with Gasteiger partial charge in [0.05, 0.1) is 11.8 Å². The summed E-state index contributed by atoms with van der Waals surface area (Å²) in [6.07, 6.45) is 2.39. The molecule has 1 heterocycles. The van der Waals surface area contributed by atoms with E-state index in [1.165, 1.54) is 6.20 Å². The quantitative estimate of drug-likeness (QED) is 0.880. The molecule has 0 saturated heterocycles. The van der Waals surface area contributed by atoms with E-state index in [2.05, 4.69) is 15.6 Å². The maximum atomic E-state index is 13.0. The molecular weight excluding hydrogens is 257 g/mol. The molecule has 2 aromatic rings. The first-order valence-corrected chi connectivity index (χ1v) is 6.40. The highest BCUT2D eigenvalue weighted by molar-refractivity contribution is 6.04. The minimum Gasteiger partial charge on any atom is -0.322 e. The highest BCUT2D eigenvalue weighted by Gasteiger charge is 2.07. The fraction of sp³-hybridized carbons (Fsp3) is 0.200. The van der Waals surface area contributed by atoms with Crippen LogP contribution in [0.25, 0.3) is 0 Å². The van der Waals surface area contributed by atoms with Crippen LogP contribution in [0.2, 0.25) is 0 Å². The topological polar surface area (TPSA) is 54.0 Å². The molecule has 104 valence electrons. The molecule has 0 unspecified atom stereocenters. The Bertz CT molecular complexity index is 584. The summed E-state index contributed by atoms with van der Waals surface area (Å²) in [4.78, 5) is 15.5. The summed E-state index contributed by atoms with van der Waals surface area (Å²) in [7, 11) is 0. The molecule has 5 heteroatoms. The molecule has 4 nitrogen and oxygen atoms in total. The van der Waals surface area contributed by atoms with Crippen molar-refractivity contribution in [2.24, 2.45) is 0 Å². The maximum absolute atomic E-state index is 13.0. The van der Waals surface area contributed by atoms with Crippen LogP contribution in [0.5, 0.6) is 0 Å². The number of anilines is 1. The lowest BCUT2D eigenvalue weighted by atomic mass is 10.2. The van der Waals surface area contributed by atoms with Gasteiger partial charge in [-0.3, -0.25) is 9.78 Å². The predicted molar refractivity (Wildman–Crippen MR) is 76.0 cm³/mol. The number of carbonyl (C=O) groups excluding carboxylic acids is 1. The van der Waals surface area contributed by atoms with Crippen LogP contribution in [0, 0.1) is 5.82 Å². The number of hydrogen-bond donors (Lipinski definition) is 2. The molecular formula is C15H16FN3O. The lowest BCUT2D eigenvalue weighted by molar-refractivity contribution is 0.102. The summed E-state index contributed by atoms with van der Waals surface area (Å²) >= 11 is 0. The van der Waals surface area contributed by atoms with Gasteiger partial charge in [0.2, 0.25) is 0 Å². The van der Waals surface area contributed by atoms with Crippen molar-refractivity contribution in [1.82, 2.24) is 10.3 Å². The van der Waals surface area contributed by atoms with Gasteiger partial charge in [0, 0.05) is 18.4 Å². The van der Waals surface area contributed by atoms with Crippen molar-refractivity contribution < 1.29 is 9.18 Å². The SMILES string of the molecule is CCNCc1ccc(NC(=O)c2cncc(F)c2)cc1. The second-order valence-corrected chi connectivity index (χ2v) is 4.32. The van der Waals surface area contributed by atoms with Crippen LogP contribution in [0.1, 0.15) is 22.8 Å². The Hall–Kier alpha value is -2.27. The molecule has 0 atom stereocenters. The molecule has 0 aliphatic heterocycles. The fourth-order valence-corrected chi connectivity index (χ4v) is 1.71. The largest absolute Gasteiger partial charge is 0.322 e. The van der Waals surface area contributed by atoms with E-state index in [0.717, 1.165) is 30.9 Å². The smallest absolute Gasteiger partial charge is 0.257 e. The van der Waals surface area contributed by atoms with Crippen LogP contribution >= 0.6 is 0 Å². The second kappa shape index (κ2) is 6.77. The molecule has 1 amide bonds. The lowest BCUT2D eigenvalue weighted by Crippen LogP contribution is -2.13. The zero-order valence-electron chi connectivity index (χ0n) is 11.2. The number of rotatable bonds is 5. The van der Waals surface area contributed by atoms with Gasteiger partial charge in [-0.1, -0.05) is 19.1 Å². The molecule has 1 aromatic carbocycles. The number of amides is 1. The van der Waals surface area contributed by atoms with Crippen molar-refractivity contribution >= 4 is 11.6 Å². The Labute approximate surface area is 117 Å². The van der Waals surface area contributed by atoms with Crippen molar-refractivity contribution in [1.29, 1.82) is 0 Å². The maximum Gasteiger partial charge on any atom is 0.257 e. The van der Waals surface area contributed by atoms with Crippen LogP contribution in [0.15, 0.2) is 42.7 Å². The molecule has 0 aliphatic carbocycles. The predicted octanol–water partition coefficient (Wildman–Crippen LogP) is 2.58. The number of pyridine rings is 1. The van der Waals surface area contributed by atoms with Crippen LogP contribution < -0.4 is 10.6 Å². The van der Waals surface area contributed by atoms with Crippen molar-refractivity contribution in [3.05, 3.63) is 59.7 Å². The summed E-state index contributed by atoms with van der Waals surface area (Å²) in [5.41, 5.74) is 2.00. The Morgan fingerprint density at radius 2 is 2.00 bits per heavy atom. The van der Waals surface area contributed by atoms with Crippen molar-refractivity contribution in [2.75, 3.05) is 11.9 Å². The molecule has 20 heavy (non-hydrogen) atoms. The van der Waals surface area contributed by atoms with Crippen LogP contribution in [-0.4, -0.2) is 17.4 Å². The Morgan fingerprint density at radius 3 is 2.65 bits per heavy atom. The van der Waals surface area contributed by atoms with E-state index >= 15 is 0 Å². The standard InChI is InChI=1S/C15H16FN3O/c1-2-17-8-11-3-5-14(6-4-11)19-15(20)12-7-13(16)10-18-9-12/h3-7,9-10,17H,2,8H2,1H3,(H,19,20). The minimum atomic E-state index is -0.529. The van der Waals surface area contributed by atoms with Gasteiger partial charge in [-0.05, 0) is 30.3 Å². The summed E-state index contributed by atoms with van der Waals surface area (Å²) < 4.78 is 13.0. The van der Waals surface area contributed by atoms with E-state index in [1.807, 2.05) is 31.2 Å². The third-order valence-corrected chi connectivity index (χ3v) is 2.76. The summed E-state index contributed by atoms with van der Waals surface area (Å²) in [6.45, 7) is 3.74. The number of nitrogens with zero attached hydrogens (tertiary/aromatic N) is 1. The van der Waals surface area contributed by atoms with Gasteiger partial charge in [0.25, 0.3) is 5.91 Å². The minimum absolute atomic E-state index is 0.196. The number of benzene rings is 1. The number of hydrogen-bond acceptors (Lipinski definition) is 3. The molecule has 0 aliphatic rings. The van der Waals surface area contributed by atoms with Crippen molar-refractivity contribution in [3.8, 4) is 0 Å². The van der Waals surface area contributed by atoms with E-state index in [1.54, 1.807) is 0 Å². The fourth-order valence-electron chi connectivity index (χ4n) is 1.71. The normalized spacial score (nSPS) is 10.3. The molecule has 0 saturated carbocycles. The van der Waals surface area contributed by atoms with Gasteiger partial charge in [-0.25, -0.2) is 4.39 Å². The molecule has 1 aromatic heterocycles. The van der Waals surface area contributed by atoms with Gasteiger partial charge in [0.1, 0.15) is 5.82 Å². The third-order valence-electron chi connectivity index (χ3n) is 2.76. The average Bonchev–Trinajstić information content (AvgIpc) is 2.46. The van der Waals surface area contributed by atoms with E-state index in [4.69, 9.17) is 0 Å². The van der Waals surface area contributed by atoms with Crippen LogP contribution in [-0.2, 0) is 6.54 Å². The number of aromatic nitrogens is 1. The summed E-state index contributed by atoms with van der Waals surface area (Å²) in [6, 6.07) is 8.65.